The summed E-state index contributed by atoms with van der Waals surface area (Å²) in [5.41, 5.74) is 0. The van der Waals surface area contributed by atoms with E-state index in [4.69, 9.17) is 4.74 Å². The minimum Gasteiger partial charge on any atom is -0.469 e. The van der Waals surface area contributed by atoms with Gasteiger partial charge in [-0.15, -0.1) is 0 Å². The SMILES string of the molecule is CCCCCCOC(C)CC(=O)OC. The van der Waals surface area contributed by atoms with Gasteiger partial charge in [0.25, 0.3) is 0 Å². The molecule has 0 aliphatic carbocycles. The van der Waals surface area contributed by atoms with Gasteiger partial charge in [0.1, 0.15) is 0 Å². The predicted octanol–water partition coefficient (Wildman–Crippen LogP) is 2.53. The van der Waals surface area contributed by atoms with Crippen molar-refractivity contribution >= 4 is 5.97 Å². The number of unbranched alkanes of at least 4 members (excludes halogenated alkanes) is 3. The molecule has 1 unspecified atom stereocenters. The molecule has 0 aromatic heterocycles. The van der Waals surface area contributed by atoms with Crippen molar-refractivity contribution in [2.24, 2.45) is 0 Å². The summed E-state index contributed by atoms with van der Waals surface area (Å²) < 4.78 is 10.0. The molecule has 0 aliphatic rings. The second kappa shape index (κ2) is 9.00. The van der Waals surface area contributed by atoms with Crippen LogP contribution >= 0.6 is 0 Å². The fourth-order valence-corrected chi connectivity index (χ4v) is 1.19. The molecule has 0 aromatic carbocycles. The maximum atomic E-state index is 10.9. The van der Waals surface area contributed by atoms with Crippen LogP contribution in [0.5, 0.6) is 0 Å². The van der Waals surface area contributed by atoms with Crippen molar-refractivity contribution in [3.63, 3.8) is 0 Å². The number of esters is 1. The van der Waals surface area contributed by atoms with E-state index in [2.05, 4.69) is 11.7 Å². The monoisotopic (exact) mass is 202 g/mol. The molecule has 0 aliphatic heterocycles. The third kappa shape index (κ3) is 8.05. The van der Waals surface area contributed by atoms with Gasteiger partial charge in [-0.1, -0.05) is 26.2 Å². The smallest absolute Gasteiger partial charge is 0.308 e. The molecule has 0 heterocycles. The second-order valence-corrected chi connectivity index (χ2v) is 3.52. The van der Waals surface area contributed by atoms with Crippen molar-refractivity contribution in [1.82, 2.24) is 0 Å². The molecule has 0 aromatic rings. The highest BCUT2D eigenvalue weighted by atomic mass is 16.5. The molecule has 0 N–H and O–H groups in total. The minimum absolute atomic E-state index is 0.0240. The van der Waals surface area contributed by atoms with Crippen molar-refractivity contribution in [2.75, 3.05) is 13.7 Å². The molecule has 0 amide bonds. The largest absolute Gasteiger partial charge is 0.469 e. The zero-order valence-electron chi connectivity index (χ0n) is 9.54. The Kier molecular flexibility index (Phi) is 8.64. The molecular weight excluding hydrogens is 180 g/mol. The summed E-state index contributed by atoms with van der Waals surface area (Å²) in [5.74, 6) is -0.203. The van der Waals surface area contributed by atoms with E-state index in [9.17, 15) is 4.79 Å². The fourth-order valence-electron chi connectivity index (χ4n) is 1.19. The van der Waals surface area contributed by atoms with E-state index in [0.717, 1.165) is 13.0 Å². The van der Waals surface area contributed by atoms with E-state index in [-0.39, 0.29) is 12.1 Å². The van der Waals surface area contributed by atoms with Crippen LogP contribution in [0.2, 0.25) is 0 Å². The zero-order chi connectivity index (χ0) is 10.8. The van der Waals surface area contributed by atoms with Gasteiger partial charge < -0.3 is 9.47 Å². The van der Waals surface area contributed by atoms with E-state index >= 15 is 0 Å². The molecule has 3 nitrogen and oxygen atoms in total. The van der Waals surface area contributed by atoms with Crippen LogP contribution in [0.1, 0.15) is 46.0 Å². The highest BCUT2D eigenvalue weighted by Crippen LogP contribution is 2.03. The molecule has 3 heteroatoms. The number of methoxy groups -OCH3 is 1. The Labute approximate surface area is 86.8 Å². The number of carbonyl (C=O) groups is 1. The highest BCUT2D eigenvalue weighted by Gasteiger charge is 2.08. The van der Waals surface area contributed by atoms with Crippen molar-refractivity contribution in [3.05, 3.63) is 0 Å². The van der Waals surface area contributed by atoms with Crippen molar-refractivity contribution in [3.8, 4) is 0 Å². The van der Waals surface area contributed by atoms with Crippen LogP contribution in [0, 0.1) is 0 Å². The Morgan fingerprint density at radius 3 is 2.57 bits per heavy atom. The molecule has 0 bridgehead atoms. The number of hydrogen-bond acceptors (Lipinski definition) is 3. The van der Waals surface area contributed by atoms with Gasteiger partial charge in [-0.3, -0.25) is 4.79 Å². The van der Waals surface area contributed by atoms with Crippen LogP contribution in [0.4, 0.5) is 0 Å². The summed E-state index contributed by atoms with van der Waals surface area (Å²) in [6.07, 6.45) is 5.11. The minimum atomic E-state index is -0.203. The summed E-state index contributed by atoms with van der Waals surface area (Å²) in [4.78, 5) is 10.9. The molecule has 14 heavy (non-hydrogen) atoms. The van der Waals surface area contributed by atoms with E-state index in [1.807, 2.05) is 6.92 Å². The maximum Gasteiger partial charge on any atom is 0.308 e. The number of ether oxygens (including phenoxy) is 2. The third-order valence-corrected chi connectivity index (χ3v) is 2.08. The highest BCUT2D eigenvalue weighted by molar-refractivity contribution is 5.69. The zero-order valence-corrected chi connectivity index (χ0v) is 9.54. The van der Waals surface area contributed by atoms with Gasteiger partial charge in [-0.05, 0) is 13.3 Å². The topological polar surface area (TPSA) is 35.5 Å². The molecule has 0 spiro atoms. The quantitative estimate of drug-likeness (QED) is 0.448. The number of carbonyl (C=O) groups excluding carboxylic acids is 1. The first-order valence-corrected chi connectivity index (χ1v) is 5.39. The fraction of sp³-hybridized carbons (Fsp3) is 0.909. The van der Waals surface area contributed by atoms with Crippen LogP contribution in [0.25, 0.3) is 0 Å². The summed E-state index contributed by atoms with van der Waals surface area (Å²) in [6, 6.07) is 0. The molecule has 0 fully saturated rings. The van der Waals surface area contributed by atoms with Crippen LogP contribution in [-0.2, 0) is 14.3 Å². The molecule has 0 radical (unpaired) electrons. The summed E-state index contributed by atoms with van der Waals surface area (Å²) >= 11 is 0. The van der Waals surface area contributed by atoms with Gasteiger partial charge >= 0.3 is 5.97 Å². The van der Waals surface area contributed by atoms with Crippen molar-refractivity contribution in [2.45, 2.75) is 52.1 Å². The second-order valence-electron chi connectivity index (χ2n) is 3.52. The first kappa shape index (κ1) is 13.4. The molecule has 0 saturated carbocycles. The van der Waals surface area contributed by atoms with Gasteiger partial charge in [0.15, 0.2) is 0 Å². The van der Waals surface area contributed by atoms with Gasteiger partial charge in [-0.2, -0.15) is 0 Å². The number of rotatable bonds is 8. The Balaban J connectivity index is 3.26. The van der Waals surface area contributed by atoms with Gasteiger partial charge in [0, 0.05) is 6.61 Å². The van der Waals surface area contributed by atoms with Crippen molar-refractivity contribution < 1.29 is 14.3 Å². The average Bonchev–Trinajstić information content (AvgIpc) is 2.17. The van der Waals surface area contributed by atoms with Gasteiger partial charge in [-0.25, -0.2) is 0 Å². The summed E-state index contributed by atoms with van der Waals surface area (Å²) in [5, 5.41) is 0. The predicted molar refractivity (Wildman–Crippen MR) is 56.2 cm³/mol. The lowest BCUT2D eigenvalue weighted by molar-refractivity contribution is -0.143. The molecule has 1 atom stereocenters. The van der Waals surface area contributed by atoms with Crippen LogP contribution < -0.4 is 0 Å². The van der Waals surface area contributed by atoms with E-state index in [1.165, 1.54) is 26.4 Å². The van der Waals surface area contributed by atoms with Gasteiger partial charge in [0.05, 0.1) is 19.6 Å². The van der Waals surface area contributed by atoms with E-state index in [1.54, 1.807) is 0 Å². The lowest BCUT2D eigenvalue weighted by atomic mass is 10.2. The first-order chi connectivity index (χ1) is 6.70. The average molecular weight is 202 g/mol. The van der Waals surface area contributed by atoms with Crippen molar-refractivity contribution in [1.29, 1.82) is 0 Å². The first-order valence-electron chi connectivity index (χ1n) is 5.39. The van der Waals surface area contributed by atoms with Crippen LogP contribution in [-0.4, -0.2) is 25.8 Å². The van der Waals surface area contributed by atoms with Crippen LogP contribution in [0.3, 0.4) is 0 Å². The Bertz CT molecular complexity index is 145. The van der Waals surface area contributed by atoms with E-state index in [0.29, 0.717) is 6.42 Å². The maximum absolute atomic E-state index is 10.9. The molecule has 0 rings (SSSR count). The number of hydrogen-bond donors (Lipinski definition) is 0. The molecule has 84 valence electrons. The lowest BCUT2D eigenvalue weighted by Crippen LogP contribution is -2.15. The summed E-state index contributed by atoms with van der Waals surface area (Å²) in [6.45, 7) is 4.83. The summed E-state index contributed by atoms with van der Waals surface area (Å²) in [7, 11) is 1.40. The Morgan fingerprint density at radius 2 is 2.00 bits per heavy atom. The van der Waals surface area contributed by atoms with Gasteiger partial charge in [0.2, 0.25) is 0 Å². The Hall–Kier alpha value is -0.570. The van der Waals surface area contributed by atoms with E-state index < -0.39 is 0 Å². The normalized spacial score (nSPS) is 12.5. The van der Waals surface area contributed by atoms with Crippen LogP contribution in [0.15, 0.2) is 0 Å². The third-order valence-electron chi connectivity index (χ3n) is 2.08. The molecule has 0 saturated heterocycles. The standard InChI is InChI=1S/C11H22O3/c1-4-5-6-7-8-14-10(2)9-11(12)13-3/h10H,4-9H2,1-3H3. The lowest BCUT2D eigenvalue weighted by Gasteiger charge is -2.11. The Morgan fingerprint density at radius 1 is 1.29 bits per heavy atom. The molecular formula is C11H22O3.